The summed E-state index contributed by atoms with van der Waals surface area (Å²) in [5.74, 6) is 2.72. The molecule has 3 heterocycles. The summed E-state index contributed by atoms with van der Waals surface area (Å²) >= 11 is 1.69. The van der Waals surface area contributed by atoms with Gasteiger partial charge in [0.25, 0.3) is 0 Å². The van der Waals surface area contributed by atoms with Crippen LogP contribution in [0.4, 0.5) is 16.6 Å². The molecule has 0 radical (unpaired) electrons. The van der Waals surface area contributed by atoms with Gasteiger partial charge in [0.05, 0.1) is 21.7 Å². The van der Waals surface area contributed by atoms with Crippen molar-refractivity contribution in [1.82, 2.24) is 30.6 Å². The van der Waals surface area contributed by atoms with Crippen molar-refractivity contribution in [2.75, 3.05) is 17.2 Å². The van der Waals surface area contributed by atoms with Crippen LogP contribution in [-0.2, 0) is 0 Å². The predicted octanol–water partition coefficient (Wildman–Crippen LogP) is 5.98. The second-order valence-corrected chi connectivity index (χ2v) is 14.0. The highest BCUT2D eigenvalue weighted by atomic mass is 32.1. The fourth-order valence-corrected chi connectivity index (χ4v) is 6.59. The molecule has 208 valence electrons. The van der Waals surface area contributed by atoms with Crippen molar-refractivity contribution < 1.29 is 4.79 Å². The Labute approximate surface area is 234 Å². The van der Waals surface area contributed by atoms with Crippen molar-refractivity contribution in [2.24, 2.45) is 5.92 Å². The fourth-order valence-electron chi connectivity index (χ4n) is 5.52. The number of aryl methyl sites for hydroxylation is 1. The van der Waals surface area contributed by atoms with E-state index < -0.39 is 0 Å². The van der Waals surface area contributed by atoms with Crippen molar-refractivity contribution in [2.45, 2.75) is 103 Å². The van der Waals surface area contributed by atoms with Gasteiger partial charge in [0.15, 0.2) is 0 Å². The van der Waals surface area contributed by atoms with Crippen molar-refractivity contribution in [3.05, 3.63) is 23.7 Å². The molecule has 4 N–H and O–H groups in total. The Kier molecular flexibility index (Phi) is 6.64. The average molecular weight is 549 g/mol. The highest BCUT2D eigenvalue weighted by Gasteiger charge is 2.38. The number of hydrogen-bond acceptors (Lipinski definition) is 8. The van der Waals surface area contributed by atoms with E-state index in [4.69, 9.17) is 15.0 Å². The summed E-state index contributed by atoms with van der Waals surface area (Å²) in [7, 11) is 0. The van der Waals surface area contributed by atoms with E-state index in [2.05, 4.69) is 46.2 Å². The number of nitrogens with zero attached hydrogens (tertiary/aromatic N) is 4. The van der Waals surface area contributed by atoms with Crippen LogP contribution in [-0.4, -0.2) is 49.6 Å². The number of fused-ring (bicyclic) bond motifs is 1. The van der Waals surface area contributed by atoms with Gasteiger partial charge in [-0.2, -0.15) is 4.98 Å². The maximum Gasteiger partial charge on any atom is 0.315 e. The number of amides is 2. The number of pyridine rings is 1. The summed E-state index contributed by atoms with van der Waals surface area (Å²) in [5.41, 5.74) is 3.51. The molecule has 3 fully saturated rings. The Bertz CT molecular complexity index is 1390. The smallest absolute Gasteiger partial charge is 0.315 e. The molecular formula is C29H40N8OS. The number of anilines is 2. The molecule has 0 bridgehead atoms. The van der Waals surface area contributed by atoms with Crippen molar-refractivity contribution in [1.29, 1.82) is 0 Å². The number of hydrogen-bond donors (Lipinski definition) is 4. The Morgan fingerprint density at radius 1 is 1.13 bits per heavy atom. The van der Waals surface area contributed by atoms with Gasteiger partial charge < -0.3 is 21.3 Å². The van der Waals surface area contributed by atoms with Crippen molar-refractivity contribution in [3.8, 4) is 10.6 Å². The van der Waals surface area contributed by atoms with E-state index in [0.29, 0.717) is 11.9 Å². The second kappa shape index (κ2) is 9.87. The molecule has 0 spiro atoms. The zero-order chi connectivity index (χ0) is 27.4. The highest BCUT2D eigenvalue weighted by Crippen LogP contribution is 2.45. The van der Waals surface area contributed by atoms with Crippen LogP contribution in [0.25, 0.3) is 20.8 Å². The van der Waals surface area contributed by atoms with Crippen LogP contribution in [0.5, 0.6) is 0 Å². The molecule has 2 amide bonds. The molecule has 0 aliphatic heterocycles. The summed E-state index contributed by atoms with van der Waals surface area (Å²) in [6.45, 7) is 11.2. The van der Waals surface area contributed by atoms with Gasteiger partial charge in [-0.1, -0.05) is 0 Å². The maximum atomic E-state index is 12.5. The molecule has 0 aromatic carbocycles. The number of rotatable bonds is 8. The molecule has 6 rings (SSSR count). The lowest BCUT2D eigenvalue weighted by atomic mass is 9.99. The van der Waals surface area contributed by atoms with E-state index >= 15 is 0 Å². The lowest BCUT2D eigenvalue weighted by Crippen LogP contribution is -2.49. The number of thiazole rings is 1. The Hall–Kier alpha value is -3.01. The molecule has 2 atom stereocenters. The lowest BCUT2D eigenvalue weighted by molar-refractivity contribution is 0.228. The van der Waals surface area contributed by atoms with Crippen LogP contribution in [0.2, 0.25) is 0 Å². The molecule has 3 aromatic heterocycles. The number of urea groups is 1. The maximum absolute atomic E-state index is 12.5. The SMILES string of the molecule is Cc1nc(NCC2CC2)nc(NC2(C)CCC(NC(=O)NC(C)(C)C)C2)c1-c1nc2c(C3CC3)nccc2s1. The topological polar surface area (TPSA) is 117 Å². The van der Waals surface area contributed by atoms with E-state index in [1.54, 1.807) is 11.3 Å². The first-order valence-electron chi connectivity index (χ1n) is 14.3. The van der Waals surface area contributed by atoms with Crippen molar-refractivity contribution >= 4 is 39.4 Å². The van der Waals surface area contributed by atoms with Crippen LogP contribution in [0.15, 0.2) is 12.3 Å². The van der Waals surface area contributed by atoms with Crippen LogP contribution in [0.3, 0.4) is 0 Å². The van der Waals surface area contributed by atoms with Gasteiger partial charge in [0, 0.05) is 35.8 Å². The standard InChI is InChI=1S/C29H40N8OS/c1-16-21(25-34-23-20(39-25)11-13-30-22(23)18-8-9-18)24(35-26(32-16)31-15-17-6-7-17)36-29(5)12-10-19(14-29)33-27(38)37-28(2,3)4/h11,13,17-19H,6-10,12,14-15H2,1-5H3,(H2,33,37,38)(H2,31,32,35,36). The normalized spacial score (nSPS) is 23.2. The summed E-state index contributed by atoms with van der Waals surface area (Å²) in [6.07, 6.45) is 9.48. The van der Waals surface area contributed by atoms with Gasteiger partial charge >= 0.3 is 6.03 Å². The molecule has 0 saturated heterocycles. The van der Waals surface area contributed by atoms with Crippen LogP contribution < -0.4 is 21.3 Å². The highest BCUT2D eigenvalue weighted by molar-refractivity contribution is 7.21. The third-order valence-corrected chi connectivity index (χ3v) is 8.87. The minimum absolute atomic E-state index is 0.0957. The predicted molar refractivity (Wildman–Crippen MR) is 157 cm³/mol. The van der Waals surface area contributed by atoms with E-state index in [9.17, 15) is 4.79 Å². The van der Waals surface area contributed by atoms with E-state index in [0.717, 1.165) is 69.7 Å². The molecule has 3 aromatic rings. The minimum Gasteiger partial charge on any atom is -0.364 e. The Morgan fingerprint density at radius 2 is 1.92 bits per heavy atom. The lowest BCUT2D eigenvalue weighted by Gasteiger charge is -2.29. The zero-order valence-corrected chi connectivity index (χ0v) is 24.5. The van der Waals surface area contributed by atoms with Gasteiger partial charge in [-0.25, -0.2) is 14.8 Å². The molecule has 10 heteroatoms. The fraction of sp³-hybridized carbons (Fsp3) is 0.621. The third kappa shape index (κ3) is 6.10. The Balaban J connectivity index is 1.29. The molecule has 3 saturated carbocycles. The van der Waals surface area contributed by atoms with E-state index in [1.807, 2.05) is 27.0 Å². The van der Waals surface area contributed by atoms with Gasteiger partial charge in [-0.3, -0.25) is 4.98 Å². The summed E-state index contributed by atoms with van der Waals surface area (Å²) in [5, 5.41) is 14.4. The van der Waals surface area contributed by atoms with Gasteiger partial charge in [-0.05, 0) is 91.5 Å². The van der Waals surface area contributed by atoms with Crippen LogP contribution in [0.1, 0.15) is 89.9 Å². The van der Waals surface area contributed by atoms with Crippen LogP contribution >= 0.6 is 11.3 Å². The Morgan fingerprint density at radius 3 is 2.64 bits per heavy atom. The van der Waals surface area contributed by atoms with E-state index in [-0.39, 0.29) is 23.2 Å². The monoisotopic (exact) mass is 548 g/mol. The third-order valence-electron chi connectivity index (χ3n) is 7.83. The van der Waals surface area contributed by atoms with Gasteiger partial charge in [-0.15, -0.1) is 11.3 Å². The molecule has 3 aliphatic carbocycles. The van der Waals surface area contributed by atoms with Gasteiger partial charge in [0.2, 0.25) is 5.95 Å². The largest absolute Gasteiger partial charge is 0.364 e. The van der Waals surface area contributed by atoms with E-state index in [1.165, 1.54) is 25.7 Å². The molecule has 39 heavy (non-hydrogen) atoms. The summed E-state index contributed by atoms with van der Waals surface area (Å²) in [6, 6.07) is 2.05. The number of aromatic nitrogens is 4. The first-order chi connectivity index (χ1) is 18.6. The number of carbonyl (C=O) groups excluding carboxylic acids is 1. The van der Waals surface area contributed by atoms with Gasteiger partial charge in [0.1, 0.15) is 16.3 Å². The average Bonchev–Trinajstić information content (AvgIpc) is 3.76. The molecular weight excluding hydrogens is 508 g/mol. The summed E-state index contributed by atoms with van der Waals surface area (Å²) in [4.78, 5) is 32.2. The number of nitrogens with one attached hydrogen (secondary N) is 4. The first kappa shape index (κ1) is 26.2. The molecule has 2 unspecified atom stereocenters. The minimum atomic E-state index is -0.270. The first-order valence-corrected chi connectivity index (χ1v) is 15.1. The van der Waals surface area contributed by atoms with Crippen LogP contribution in [0, 0.1) is 12.8 Å². The second-order valence-electron chi connectivity index (χ2n) is 13.0. The zero-order valence-electron chi connectivity index (χ0n) is 23.6. The van der Waals surface area contributed by atoms with Crippen molar-refractivity contribution in [3.63, 3.8) is 0 Å². The quantitative estimate of drug-likeness (QED) is 0.274. The molecule has 9 nitrogen and oxygen atoms in total. The molecule has 3 aliphatic rings. The summed E-state index contributed by atoms with van der Waals surface area (Å²) < 4.78 is 1.16. The number of carbonyl (C=O) groups is 1.